The molecule has 0 aliphatic carbocycles. The zero-order valence-electron chi connectivity index (χ0n) is 7.96. The van der Waals surface area contributed by atoms with E-state index in [4.69, 9.17) is 5.26 Å². The molecule has 0 spiro atoms. The average Bonchev–Trinajstić information content (AvgIpc) is 2.69. The van der Waals surface area contributed by atoms with Gasteiger partial charge in [0.05, 0.1) is 6.07 Å². The number of rotatable bonds is 2. The topological polar surface area (TPSA) is 47.9 Å². The molecular formula is C11H13N3. The number of anilines is 1. The number of hydrogen-bond acceptors (Lipinski definition) is 3. The summed E-state index contributed by atoms with van der Waals surface area (Å²) in [6.07, 6.45) is 0.860. The lowest BCUT2D eigenvalue weighted by molar-refractivity contribution is 0.650. The first kappa shape index (κ1) is 9.04. The molecule has 0 aromatic heterocycles. The summed E-state index contributed by atoms with van der Waals surface area (Å²) in [6.45, 7) is 1.63. The highest BCUT2D eigenvalue weighted by Gasteiger charge is 2.33. The molecule has 3 nitrogen and oxygen atoms in total. The van der Waals surface area contributed by atoms with Gasteiger partial charge in [0, 0.05) is 12.2 Å². The van der Waals surface area contributed by atoms with Crippen LogP contribution in [0.3, 0.4) is 0 Å². The van der Waals surface area contributed by atoms with Gasteiger partial charge in [-0.15, -0.1) is 0 Å². The number of para-hydroxylation sites is 1. The minimum atomic E-state index is -0.415. The summed E-state index contributed by atoms with van der Waals surface area (Å²) in [6, 6.07) is 12.2. The van der Waals surface area contributed by atoms with Gasteiger partial charge < -0.3 is 10.6 Å². The van der Waals surface area contributed by atoms with Gasteiger partial charge in [-0.25, -0.2) is 0 Å². The molecule has 1 saturated heterocycles. The molecule has 1 unspecified atom stereocenters. The van der Waals surface area contributed by atoms with Gasteiger partial charge in [-0.1, -0.05) is 18.2 Å². The first-order valence-corrected chi connectivity index (χ1v) is 4.80. The van der Waals surface area contributed by atoms with Crippen LogP contribution in [0.5, 0.6) is 0 Å². The lowest BCUT2D eigenvalue weighted by Gasteiger charge is -2.22. The van der Waals surface area contributed by atoms with Crippen molar-refractivity contribution in [2.24, 2.45) is 0 Å². The molecule has 0 bridgehead atoms. The van der Waals surface area contributed by atoms with E-state index in [1.165, 1.54) is 0 Å². The second-order valence-electron chi connectivity index (χ2n) is 3.61. The zero-order chi connectivity index (χ0) is 9.86. The Balaban J connectivity index is 2.13. The maximum Gasteiger partial charge on any atom is 0.139 e. The Morgan fingerprint density at radius 2 is 2.14 bits per heavy atom. The minimum Gasteiger partial charge on any atom is -0.366 e. The van der Waals surface area contributed by atoms with E-state index in [1.807, 2.05) is 30.3 Å². The zero-order valence-corrected chi connectivity index (χ0v) is 7.96. The van der Waals surface area contributed by atoms with Crippen LogP contribution in [0, 0.1) is 11.3 Å². The fraction of sp³-hybridized carbons (Fsp3) is 0.364. The highest BCUT2D eigenvalue weighted by Crippen LogP contribution is 2.20. The van der Waals surface area contributed by atoms with Gasteiger partial charge in [-0.05, 0) is 25.1 Å². The fourth-order valence-electron chi connectivity index (χ4n) is 1.72. The quantitative estimate of drug-likeness (QED) is 0.734. The largest absolute Gasteiger partial charge is 0.366 e. The van der Waals surface area contributed by atoms with Crippen LogP contribution in [0.4, 0.5) is 5.69 Å². The van der Waals surface area contributed by atoms with Crippen LogP contribution in [-0.4, -0.2) is 18.6 Å². The number of nitrogens with zero attached hydrogens (tertiary/aromatic N) is 1. The van der Waals surface area contributed by atoms with Crippen LogP contribution in [0.2, 0.25) is 0 Å². The molecule has 0 saturated carbocycles. The highest BCUT2D eigenvalue weighted by molar-refractivity contribution is 5.48. The predicted octanol–water partition coefficient (Wildman–Crippen LogP) is 1.35. The molecule has 1 aromatic carbocycles. The molecule has 1 aliphatic heterocycles. The van der Waals surface area contributed by atoms with Gasteiger partial charge in [-0.2, -0.15) is 5.26 Å². The molecule has 1 atom stereocenters. The third-order valence-corrected chi connectivity index (χ3v) is 2.53. The van der Waals surface area contributed by atoms with Gasteiger partial charge in [0.1, 0.15) is 5.54 Å². The second kappa shape index (κ2) is 3.69. The molecule has 1 aromatic rings. The van der Waals surface area contributed by atoms with Gasteiger partial charge in [0.2, 0.25) is 0 Å². The van der Waals surface area contributed by atoms with Crippen LogP contribution < -0.4 is 10.6 Å². The summed E-state index contributed by atoms with van der Waals surface area (Å²) in [7, 11) is 0. The lowest BCUT2D eigenvalue weighted by atomic mass is 10.0. The molecule has 2 rings (SSSR count). The molecule has 0 amide bonds. The summed E-state index contributed by atoms with van der Waals surface area (Å²) >= 11 is 0. The van der Waals surface area contributed by atoms with Crippen LogP contribution in [-0.2, 0) is 0 Å². The molecule has 0 radical (unpaired) electrons. The smallest absolute Gasteiger partial charge is 0.139 e. The number of benzene rings is 1. The molecule has 2 N–H and O–H groups in total. The summed E-state index contributed by atoms with van der Waals surface area (Å²) in [5.74, 6) is 0. The molecule has 14 heavy (non-hydrogen) atoms. The van der Waals surface area contributed by atoms with Gasteiger partial charge in [0.15, 0.2) is 0 Å². The van der Waals surface area contributed by atoms with E-state index >= 15 is 0 Å². The Labute approximate surface area is 83.7 Å². The third kappa shape index (κ3) is 1.70. The van der Waals surface area contributed by atoms with Crippen molar-refractivity contribution in [1.82, 2.24) is 5.32 Å². The lowest BCUT2D eigenvalue weighted by Crippen LogP contribution is -2.38. The minimum absolute atomic E-state index is 0.415. The van der Waals surface area contributed by atoms with Crippen molar-refractivity contribution < 1.29 is 0 Å². The van der Waals surface area contributed by atoms with Crippen molar-refractivity contribution in [3.05, 3.63) is 30.3 Å². The van der Waals surface area contributed by atoms with E-state index in [-0.39, 0.29) is 0 Å². The normalized spacial score (nSPS) is 25.6. The van der Waals surface area contributed by atoms with Crippen molar-refractivity contribution in [2.45, 2.75) is 12.0 Å². The van der Waals surface area contributed by atoms with E-state index in [0.29, 0.717) is 0 Å². The van der Waals surface area contributed by atoms with Gasteiger partial charge in [0.25, 0.3) is 0 Å². The standard InChI is InChI=1S/C11H13N3/c12-8-11(6-7-13-9-11)14-10-4-2-1-3-5-10/h1-5,13-14H,6-7,9H2. The van der Waals surface area contributed by atoms with Gasteiger partial charge in [-0.3, -0.25) is 0 Å². The second-order valence-corrected chi connectivity index (χ2v) is 3.61. The van der Waals surface area contributed by atoms with Crippen molar-refractivity contribution >= 4 is 5.69 Å². The van der Waals surface area contributed by atoms with Crippen LogP contribution in [0.15, 0.2) is 30.3 Å². The van der Waals surface area contributed by atoms with Crippen LogP contribution >= 0.6 is 0 Å². The van der Waals surface area contributed by atoms with Crippen LogP contribution in [0.1, 0.15) is 6.42 Å². The van der Waals surface area contributed by atoms with E-state index in [9.17, 15) is 0 Å². The first-order chi connectivity index (χ1) is 6.85. The number of hydrogen-bond donors (Lipinski definition) is 2. The summed E-state index contributed by atoms with van der Waals surface area (Å²) in [5, 5.41) is 15.6. The average molecular weight is 187 g/mol. The van der Waals surface area contributed by atoms with Crippen molar-refractivity contribution in [1.29, 1.82) is 5.26 Å². The molecule has 72 valence electrons. The maximum absolute atomic E-state index is 9.13. The van der Waals surface area contributed by atoms with Gasteiger partial charge >= 0.3 is 0 Å². The fourth-order valence-corrected chi connectivity index (χ4v) is 1.72. The van der Waals surface area contributed by atoms with Crippen molar-refractivity contribution in [3.8, 4) is 6.07 Å². The Morgan fingerprint density at radius 3 is 2.71 bits per heavy atom. The van der Waals surface area contributed by atoms with E-state index < -0.39 is 5.54 Å². The number of nitrogens with one attached hydrogen (secondary N) is 2. The molecular weight excluding hydrogens is 174 g/mol. The Morgan fingerprint density at radius 1 is 1.36 bits per heavy atom. The maximum atomic E-state index is 9.13. The molecule has 1 fully saturated rings. The van der Waals surface area contributed by atoms with E-state index in [1.54, 1.807) is 0 Å². The van der Waals surface area contributed by atoms with Crippen molar-refractivity contribution in [2.75, 3.05) is 18.4 Å². The predicted molar refractivity (Wildman–Crippen MR) is 55.9 cm³/mol. The summed E-state index contributed by atoms with van der Waals surface area (Å²) in [4.78, 5) is 0. The SMILES string of the molecule is N#CC1(Nc2ccccc2)CCNC1. The summed E-state index contributed by atoms with van der Waals surface area (Å²) in [5.41, 5.74) is 0.596. The Hall–Kier alpha value is -1.53. The molecule has 3 heteroatoms. The summed E-state index contributed by atoms with van der Waals surface area (Å²) < 4.78 is 0. The molecule has 1 heterocycles. The monoisotopic (exact) mass is 187 g/mol. The Kier molecular flexibility index (Phi) is 2.38. The molecule has 1 aliphatic rings. The first-order valence-electron chi connectivity index (χ1n) is 4.80. The third-order valence-electron chi connectivity index (χ3n) is 2.53. The van der Waals surface area contributed by atoms with Crippen LogP contribution in [0.25, 0.3) is 0 Å². The van der Waals surface area contributed by atoms with Crippen molar-refractivity contribution in [3.63, 3.8) is 0 Å². The number of nitriles is 1. The highest BCUT2D eigenvalue weighted by atomic mass is 15.1. The van der Waals surface area contributed by atoms with E-state index in [2.05, 4.69) is 16.7 Å². The Bertz CT molecular complexity index is 333. The van der Waals surface area contributed by atoms with E-state index in [0.717, 1.165) is 25.2 Å².